The lowest BCUT2D eigenvalue weighted by Gasteiger charge is -2.08. The van der Waals surface area contributed by atoms with Crippen LogP contribution in [0.5, 0.6) is 0 Å². The summed E-state index contributed by atoms with van der Waals surface area (Å²) < 4.78 is 0.945. The van der Waals surface area contributed by atoms with Crippen LogP contribution in [-0.2, 0) is 16.0 Å². The van der Waals surface area contributed by atoms with Gasteiger partial charge in [-0.15, -0.1) is 0 Å². The van der Waals surface area contributed by atoms with Gasteiger partial charge in [-0.3, -0.25) is 9.59 Å². The monoisotopic (exact) mass is 353 g/mol. The van der Waals surface area contributed by atoms with E-state index in [0.29, 0.717) is 5.13 Å². The third-order valence-electron chi connectivity index (χ3n) is 3.89. The van der Waals surface area contributed by atoms with Gasteiger partial charge in [-0.2, -0.15) is 0 Å². The van der Waals surface area contributed by atoms with Gasteiger partial charge in [0.2, 0.25) is 11.8 Å². The molecule has 0 aliphatic rings. The maximum Gasteiger partial charge on any atom is 0.228 e. The van der Waals surface area contributed by atoms with Gasteiger partial charge in [0, 0.05) is 12.6 Å². The van der Waals surface area contributed by atoms with E-state index >= 15 is 0 Å². The number of hydrogen-bond donors (Lipinski definition) is 2. The Labute approximate surface area is 150 Å². The van der Waals surface area contributed by atoms with Gasteiger partial charge in [-0.05, 0) is 54.8 Å². The summed E-state index contributed by atoms with van der Waals surface area (Å²) in [5.41, 5.74) is 4.87. The Hall–Kier alpha value is -2.73. The third kappa shape index (κ3) is 4.22. The molecule has 0 unspecified atom stereocenters. The van der Waals surface area contributed by atoms with Crippen molar-refractivity contribution >= 4 is 44.2 Å². The predicted octanol–water partition coefficient (Wildman–Crippen LogP) is 4.05. The lowest BCUT2D eigenvalue weighted by molar-refractivity contribution is -0.116. The van der Waals surface area contributed by atoms with Crippen LogP contribution in [0.1, 0.15) is 23.6 Å². The van der Waals surface area contributed by atoms with E-state index in [1.807, 2.05) is 50.2 Å². The van der Waals surface area contributed by atoms with E-state index in [-0.39, 0.29) is 18.2 Å². The van der Waals surface area contributed by atoms with Gasteiger partial charge in [-0.25, -0.2) is 4.98 Å². The number of thiazole rings is 1. The fraction of sp³-hybridized carbons (Fsp3) is 0.211. The number of benzene rings is 2. The van der Waals surface area contributed by atoms with Gasteiger partial charge in [0.25, 0.3) is 0 Å². The molecule has 128 valence electrons. The summed E-state index contributed by atoms with van der Waals surface area (Å²) in [5, 5.41) is 6.18. The number of fused-ring (bicyclic) bond motifs is 1. The molecule has 3 rings (SSSR count). The van der Waals surface area contributed by atoms with Crippen molar-refractivity contribution in [2.24, 2.45) is 0 Å². The molecular weight excluding hydrogens is 334 g/mol. The molecule has 0 aliphatic carbocycles. The average Bonchev–Trinajstić information content (AvgIpc) is 2.91. The Morgan fingerprint density at radius 1 is 1.04 bits per heavy atom. The van der Waals surface area contributed by atoms with Crippen molar-refractivity contribution in [1.29, 1.82) is 0 Å². The van der Waals surface area contributed by atoms with Crippen LogP contribution in [0.2, 0.25) is 0 Å². The molecule has 2 amide bonds. The zero-order valence-corrected chi connectivity index (χ0v) is 15.2. The van der Waals surface area contributed by atoms with E-state index in [4.69, 9.17) is 0 Å². The second-order valence-corrected chi connectivity index (χ2v) is 7.06. The third-order valence-corrected chi connectivity index (χ3v) is 4.82. The summed E-state index contributed by atoms with van der Waals surface area (Å²) in [6.07, 6.45) is 0.288. The molecule has 1 heterocycles. The minimum absolute atomic E-state index is 0.0609. The summed E-state index contributed by atoms with van der Waals surface area (Å²) >= 11 is 1.40. The highest BCUT2D eigenvalue weighted by Crippen LogP contribution is 2.27. The van der Waals surface area contributed by atoms with Crippen LogP contribution in [0.4, 0.5) is 10.8 Å². The van der Waals surface area contributed by atoms with Gasteiger partial charge in [-0.1, -0.05) is 23.5 Å². The molecule has 0 atom stereocenters. The number of anilines is 2. The van der Waals surface area contributed by atoms with E-state index in [1.54, 1.807) is 0 Å². The van der Waals surface area contributed by atoms with Crippen LogP contribution in [0.15, 0.2) is 36.4 Å². The lowest BCUT2D eigenvalue weighted by Crippen LogP contribution is -2.14. The van der Waals surface area contributed by atoms with Crippen molar-refractivity contribution in [3.05, 3.63) is 53.1 Å². The minimum atomic E-state index is -0.146. The smallest absolute Gasteiger partial charge is 0.228 e. The van der Waals surface area contributed by atoms with Gasteiger partial charge < -0.3 is 10.6 Å². The number of carbonyl (C=O) groups excluding carboxylic acids is 2. The summed E-state index contributed by atoms with van der Waals surface area (Å²) in [6.45, 7) is 5.52. The van der Waals surface area contributed by atoms with Gasteiger partial charge in [0.15, 0.2) is 5.13 Å². The number of carbonyl (C=O) groups is 2. The van der Waals surface area contributed by atoms with Crippen LogP contribution in [0.25, 0.3) is 10.2 Å². The molecule has 0 spiro atoms. The fourth-order valence-corrected chi connectivity index (χ4v) is 3.47. The van der Waals surface area contributed by atoms with E-state index < -0.39 is 0 Å². The quantitative estimate of drug-likeness (QED) is 0.743. The van der Waals surface area contributed by atoms with Crippen LogP contribution in [0.3, 0.4) is 0 Å². The molecule has 2 aromatic carbocycles. The number of nitrogens with one attached hydrogen (secondary N) is 2. The van der Waals surface area contributed by atoms with Gasteiger partial charge in [0.1, 0.15) is 0 Å². The standard InChI is InChI=1S/C19H19N3O2S/c1-11-4-6-15(8-12(11)2)21-18(24)10-14-5-7-16-17(9-14)25-19(22-16)20-13(3)23/h4-9H,10H2,1-3H3,(H,21,24)(H,20,22,23). The molecule has 3 aromatic rings. The molecule has 1 aromatic heterocycles. The molecule has 0 bridgehead atoms. The van der Waals surface area contributed by atoms with Crippen molar-refractivity contribution in [2.75, 3.05) is 10.6 Å². The van der Waals surface area contributed by atoms with Crippen LogP contribution >= 0.6 is 11.3 Å². The topological polar surface area (TPSA) is 71.1 Å². The predicted molar refractivity (Wildman–Crippen MR) is 102 cm³/mol. The van der Waals surface area contributed by atoms with Crippen molar-refractivity contribution in [2.45, 2.75) is 27.2 Å². The maximum absolute atomic E-state index is 12.3. The first-order valence-corrected chi connectivity index (χ1v) is 8.76. The molecule has 25 heavy (non-hydrogen) atoms. The van der Waals surface area contributed by atoms with Gasteiger partial charge in [0.05, 0.1) is 16.6 Å². The molecule has 0 radical (unpaired) electrons. The van der Waals surface area contributed by atoms with E-state index in [9.17, 15) is 9.59 Å². The summed E-state index contributed by atoms with van der Waals surface area (Å²) in [4.78, 5) is 27.8. The second kappa shape index (κ2) is 7.03. The molecule has 0 saturated heterocycles. The number of rotatable bonds is 4. The summed E-state index contributed by atoms with van der Waals surface area (Å²) in [5.74, 6) is -0.207. The Morgan fingerprint density at radius 3 is 2.56 bits per heavy atom. The number of aryl methyl sites for hydroxylation is 2. The first-order valence-electron chi connectivity index (χ1n) is 7.95. The van der Waals surface area contributed by atoms with Crippen LogP contribution < -0.4 is 10.6 Å². The minimum Gasteiger partial charge on any atom is -0.326 e. The second-order valence-electron chi connectivity index (χ2n) is 6.03. The normalized spacial score (nSPS) is 10.7. The highest BCUT2D eigenvalue weighted by atomic mass is 32.1. The zero-order valence-electron chi connectivity index (χ0n) is 14.3. The largest absolute Gasteiger partial charge is 0.326 e. The number of hydrogen-bond acceptors (Lipinski definition) is 4. The molecule has 0 fully saturated rings. The first kappa shape index (κ1) is 17.1. The molecule has 0 aliphatic heterocycles. The number of nitrogens with zero attached hydrogens (tertiary/aromatic N) is 1. The van der Waals surface area contributed by atoms with Crippen molar-refractivity contribution in [3.63, 3.8) is 0 Å². The summed E-state index contributed by atoms with van der Waals surface area (Å²) in [6, 6.07) is 11.6. The number of amides is 2. The zero-order chi connectivity index (χ0) is 18.0. The number of aromatic nitrogens is 1. The lowest BCUT2D eigenvalue weighted by atomic mass is 10.1. The van der Waals surface area contributed by atoms with E-state index in [0.717, 1.165) is 27.0 Å². The van der Waals surface area contributed by atoms with Crippen LogP contribution in [0, 0.1) is 13.8 Å². The highest BCUT2D eigenvalue weighted by molar-refractivity contribution is 7.22. The van der Waals surface area contributed by atoms with Crippen molar-refractivity contribution in [3.8, 4) is 0 Å². The molecule has 6 heteroatoms. The van der Waals surface area contributed by atoms with Gasteiger partial charge >= 0.3 is 0 Å². The fourth-order valence-electron chi connectivity index (χ4n) is 2.49. The Morgan fingerprint density at radius 2 is 1.84 bits per heavy atom. The summed E-state index contributed by atoms with van der Waals surface area (Å²) in [7, 11) is 0. The highest BCUT2D eigenvalue weighted by Gasteiger charge is 2.09. The molecule has 0 saturated carbocycles. The molecule has 2 N–H and O–H groups in total. The Bertz CT molecular complexity index is 962. The molecular formula is C19H19N3O2S. The van der Waals surface area contributed by atoms with Crippen LogP contribution in [-0.4, -0.2) is 16.8 Å². The Balaban J connectivity index is 1.72. The Kier molecular flexibility index (Phi) is 4.81. The average molecular weight is 353 g/mol. The first-order chi connectivity index (χ1) is 11.9. The SMILES string of the molecule is CC(=O)Nc1nc2ccc(CC(=O)Nc3ccc(C)c(C)c3)cc2s1. The maximum atomic E-state index is 12.3. The van der Waals surface area contributed by atoms with E-state index in [1.165, 1.54) is 23.8 Å². The van der Waals surface area contributed by atoms with Crippen molar-refractivity contribution < 1.29 is 9.59 Å². The van der Waals surface area contributed by atoms with E-state index in [2.05, 4.69) is 15.6 Å². The molecule has 5 nitrogen and oxygen atoms in total. The van der Waals surface area contributed by atoms with Crippen molar-refractivity contribution in [1.82, 2.24) is 4.98 Å².